The maximum absolute atomic E-state index is 11.9. The number of carbonyl (C=O) groups is 3. The van der Waals surface area contributed by atoms with Gasteiger partial charge < -0.3 is 15.0 Å². The van der Waals surface area contributed by atoms with E-state index in [4.69, 9.17) is 10.00 Å². The summed E-state index contributed by atoms with van der Waals surface area (Å²) in [6.07, 6.45) is 0.191. The molecule has 21 heavy (non-hydrogen) atoms. The molecule has 0 aliphatic heterocycles. The first-order chi connectivity index (χ1) is 9.88. The van der Waals surface area contributed by atoms with E-state index in [0.29, 0.717) is 16.8 Å². The minimum absolute atomic E-state index is 0.144. The van der Waals surface area contributed by atoms with Gasteiger partial charge in [0.2, 0.25) is 0 Å². The minimum atomic E-state index is -0.696. The zero-order chi connectivity index (χ0) is 16.0. The zero-order valence-corrected chi connectivity index (χ0v) is 12.2. The minimum Gasteiger partial charge on any atom is -0.451 e. The molecule has 1 rings (SSSR count). The van der Waals surface area contributed by atoms with E-state index in [9.17, 15) is 14.4 Å². The van der Waals surface area contributed by atoms with Crippen molar-refractivity contribution >= 4 is 17.7 Å². The molecule has 0 spiro atoms. The number of hydrogen-bond donors (Lipinski definition) is 2. The lowest BCUT2D eigenvalue weighted by molar-refractivity contribution is -0.124. The van der Waals surface area contributed by atoms with Gasteiger partial charge >= 0.3 is 5.97 Å². The molecule has 1 amide bonds. The highest BCUT2D eigenvalue weighted by atomic mass is 16.5. The summed E-state index contributed by atoms with van der Waals surface area (Å²) in [6.45, 7) is 4.53. The van der Waals surface area contributed by atoms with Crippen molar-refractivity contribution in [3.05, 3.63) is 22.5 Å². The first-order valence-electron chi connectivity index (χ1n) is 6.39. The van der Waals surface area contributed by atoms with Gasteiger partial charge in [0.05, 0.1) is 12.5 Å². The Bertz CT molecular complexity index is 610. The molecule has 0 aliphatic carbocycles. The van der Waals surface area contributed by atoms with Crippen LogP contribution < -0.4 is 5.32 Å². The van der Waals surface area contributed by atoms with Gasteiger partial charge in [-0.2, -0.15) is 5.26 Å². The fourth-order valence-corrected chi connectivity index (χ4v) is 1.99. The van der Waals surface area contributed by atoms with Crippen LogP contribution in [0.5, 0.6) is 0 Å². The van der Waals surface area contributed by atoms with E-state index in [0.717, 1.165) is 0 Å². The van der Waals surface area contributed by atoms with Crippen molar-refractivity contribution in [2.45, 2.75) is 27.2 Å². The van der Waals surface area contributed by atoms with Gasteiger partial charge in [0, 0.05) is 17.8 Å². The van der Waals surface area contributed by atoms with Crippen molar-refractivity contribution in [2.75, 3.05) is 13.2 Å². The number of H-pyrrole nitrogens is 1. The predicted molar refractivity (Wildman–Crippen MR) is 73.8 cm³/mol. The highest BCUT2D eigenvalue weighted by Gasteiger charge is 2.21. The monoisotopic (exact) mass is 291 g/mol. The number of carbonyl (C=O) groups excluding carboxylic acids is 3. The molecule has 0 saturated carbocycles. The third kappa shape index (κ3) is 4.18. The number of aromatic nitrogens is 1. The van der Waals surface area contributed by atoms with Crippen molar-refractivity contribution in [2.24, 2.45) is 0 Å². The SMILES string of the molecule is CC(=O)c1c(C)[nH]c(C(=O)OCC(=O)NCCC#N)c1C. The van der Waals surface area contributed by atoms with Crippen LogP contribution in [-0.2, 0) is 9.53 Å². The first kappa shape index (κ1) is 16.4. The van der Waals surface area contributed by atoms with Gasteiger partial charge in [-0.3, -0.25) is 9.59 Å². The summed E-state index contributed by atoms with van der Waals surface area (Å²) >= 11 is 0. The number of rotatable bonds is 6. The van der Waals surface area contributed by atoms with Gasteiger partial charge in [-0.25, -0.2) is 4.79 Å². The van der Waals surface area contributed by atoms with E-state index in [1.54, 1.807) is 13.8 Å². The Morgan fingerprint density at radius 3 is 2.52 bits per heavy atom. The van der Waals surface area contributed by atoms with Gasteiger partial charge in [0.25, 0.3) is 5.91 Å². The number of hydrogen-bond acceptors (Lipinski definition) is 5. The van der Waals surface area contributed by atoms with E-state index in [-0.39, 0.29) is 24.4 Å². The van der Waals surface area contributed by atoms with Crippen molar-refractivity contribution < 1.29 is 19.1 Å². The number of ether oxygens (including phenoxy) is 1. The standard InChI is InChI=1S/C14H17N3O4/c1-8-12(10(3)18)9(2)17-13(8)14(20)21-7-11(19)16-6-4-5-15/h17H,4,6-7H2,1-3H3,(H,16,19). The zero-order valence-electron chi connectivity index (χ0n) is 12.2. The summed E-state index contributed by atoms with van der Waals surface area (Å²) in [5, 5.41) is 10.8. The first-order valence-corrected chi connectivity index (χ1v) is 6.39. The molecule has 0 saturated heterocycles. The number of amides is 1. The Balaban J connectivity index is 2.65. The molecular formula is C14H17N3O4. The van der Waals surface area contributed by atoms with Crippen molar-refractivity contribution in [3.8, 4) is 6.07 Å². The smallest absolute Gasteiger partial charge is 0.355 e. The second-order valence-electron chi connectivity index (χ2n) is 4.52. The molecule has 0 bridgehead atoms. The fourth-order valence-electron chi connectivity index (χ4n) is 1.99. The average molecular weight is 291 g/mol. The van der Waals surface area contributed by atoms with Crippen LogP contribution in [-0.4, -0.2) is 35.8 Å². The lowest BCUT2D eigenvalue weighted by atomic mass is 10.1. The number of ketones is 1. The highest BCUT2D eigenvalue weighted by Crippen LogP contribution is 2.19. The van der Waals surface area contributed by atoms with E-state index < -0.39 is 18.5 Å². The summed E-state index contributed by atoms with van der Waals surface area (Å²) in [5.41, 5.74) is 1.73. The number of aromatic amines is 1. The Morgan fingerprint density at radius 2 is 2.00 bits per heavy atom. The van der Waals surface area contributed by atoms with Crippen LogP contribution >= 0.6 is 0 Å². The molecule has 0 fully saturated rings. The van der Waals surface area contributed by atoms with Crippen molar-refractivity contribution in [3.63, 3.8) is 0 Å². The van der Waals surface area contributed by atoms with Crippen molar-refractivity contribution in [1.29, 1.82) is 5.26 Å². The maximum atomic E-state index is 11.9. The van der Waals surface area contributed by atoms with Gasteiger partial charge in [0.15, 0.2) is 12.4 Å². The van der Waals surface area contributed by atoms with Gasteiger partial charge in [-0.05, 0) is 26.3 Å². The number of Topliss-reactive ketones (excluding diaryl/α,β-unsaturated/α-hetero) is 1. The number of esters is 1. The molecule has 0 aromatic carbocycles. The molecule has 7 heteroatoms. The molecule has 0 aliphatic rings. The normalized spacial score (nSPS) is 9.81. The lowest BCUT2D eigenvalue weighted by Crippen LogP contribution is -2.29. The van der Waals surface area contributed by atoms with Crippen LogP contribution in [0, 0.1) is 25.2 Å². The Kier molecular flexibility index (Phi) is 5.67. The van der Waals surface area contributed by atoms with Gasteiger partial charge in [0.1, 0.15) is 5.69 Å². The number of nitrogens with zero attached hydrogens (tertiary/aromatic N) is 1. The van der Waals surface area contributed by atoms with E-state index in [1.807, 2.05) is 6.07 Å². The number of nitriles is 1. The van der Waals surface area contributed by atoms with E-state index in [2.05, 4.69) is 10.3 Å². The second kappa shape index (κ2) is 7.24. The molecule has 1 aromatic rings. The summed E-state index contributed by atoms with van der Waals surface area (Å²) < 4.78 is 4.87. The molecule has 1 heterocycles. The van der Waals surface area contributed by atoms with Gasteiger partial charge in [-0.15, -0.1) is 0 Å². The average Bonchev–Trinajstić information content (AvgIpc) is 2.71. The molecule has 0 atom stereocenters. The molecular weight excluding hydrogens is 274 g/mol. The van der Waals surface area contributed by atoms with Crippen molar-refractivity contribution in [1.82, 2.24) is 10.3 Å². The Hall–Kier alpha value is -2.62. The Morgan fingerprint density at radius 1 is 1.33 bits per heavy atom. The lowest BCUT2D eigenvalue weighted by Gasteiger charge is -2.05. The van der Waals surface area contributed by atoms with Gasteiger partial charge in [-0.1, -0.05) is 0 Å². The van der Waals surface area contributed by atoms with E-state index >= 15 is 0 Å². The predicted octanol–water partition coefficient (Wildman–Crippen LogP) is 1.02. The number of nitrogens with one attached hydrogen (secondary N) is 2. The van der Waals surface area contributed by atoms with Crippen LogP contribution in [0.2, 0.25) is 0 Å². The summed E-state index contributed by atoms with van der Waals surface area (Å²) in [5.74, 6) is -1.32. The molecule has 112 valence electrons. The maximum Gasteiger partial charge on any atom is 0.355 e. The van der Waals surface area contributed by atoms with Crippen LogP contribution in [0.1, 0.15) is 45.4 Å². The largest absolute Gasteiger partial charge is 0.451 e. The molecule has 2 N–H and O–H groups in total. The molecule has 7 nitrogen and oxygen atoms in total. The second-order valence-corrected chi connectivity index (χ2v) is 4.52. The quantitative estimate of drug-likeness (QED) is 0.461. The topological polar surface area (TPSA) is 112 Å². The van der Waals surface area contributed by atoms with Crippen LogP contribution in [0.3, 0.4) is 0 Å². The third-order valence-electron chi connectivity index (χ3n) is 2.89. The van der Waals surface area contributed by atoms with Crippen LogP contribution in [0.25, 0.3) is 0 Å². The Labute approximate surface area is 122 Å². The number of aryl methyl sites for hydroxylation is 1. The third-order valence-corrected chi connectivity index (χ3v) is 2.89. The summed E-state index contributed by atoms with van der Waals surface area (Å²) in [6, 6.07) is 1.88. The fraction of sp³-hybridized carbons (Fsp3) is 0.429. The summed E-state index contributed by atoms with van der Waals surface area (Å²) in [7, 11) is 0. The summed E-state index contributed by atoms with van der Waals surface area (Å²) in [4.78, 5) is 37.5. The van der Waals surface area contributed by atoms with Crippen LogP contribution in [0.15, 0.2) is 0 Å². The van der Waals surface area contributed by atoms with Crippen LogP contribution in [0.4, 0.5) is 0 Å². The molecule has 0 unspecified atom stereocenters. The molecule has 1 aromatic heterocycles. The van der Waals surface area contributed by atoms with E-state index in [1.165, 1.54) is 6.92 Å². The molecule has 0 radical (unpaired) electrons. The highest BCUT2D eigenvalue weighted by molar-refractivity contribution is 6.01.